The molecule has 0 unspecified atom stereocenters. The van der Waals surface area contributed by atoms with Gasteiger partial charge in [0.15, 0.2) is 0 Å². The smallest absolute Gasteiger partial charge is 0.0698 e. The van der Waals surface area contributed by atoms with Gasteiger partial charge >= 0.3 is 0 Å². The second-order valence-electron chi connectivity index (χ2n) is 3.56. The normalized spacial score (nSPS) is 17.0. The van der Waals surface area contributed by atoms with Gasteiger partial charge in [-0.2, -0.15) is 0 Å². The molecule has 1 fully saturated rings. The van der Waals surface area contributed by atoms with Gasteiger partial charge in [-0.05, 0) is 12.8 Å². The van der Waals surface area contributed by atoms with Crippen LogP contribution in [0.15, 0.2) is 0 Å². The fraction of sp³-hybridized carbons (Fsp3) is 1.00. The van der Waals surface area contributed by atoms with E-state index in [4.69, 9.17) is 14.9 Å². The molecule has 0 saturated heterocycles. The lowest BCUT2D eigenvalue weighted by Gasteiger charge is -2.19. The zero-order chi connectivity index (χ0) is 11.4. The molecule has 2 N–H and O–H groups in total. The van der Waals surface area contributed by atoms with Gasteiger partial charge in [-0.25, -0.2) is 0 Å². The number of hydrogen-bond donors (Lipinski definition) is 2. The molecule has 0 spiro atoms. The van der Waals surface area contributed by atoms with Crippen molar-refractivity contribution in [3.05, 3.63) is 0 Å². The minimum Gasteiger partial charge on any atom is -0.394 e. The van der Waals surface area contributed by atoms with E-state index in [0.29, 0.717) is 19.3 Å². The van der Waals surface area contributed by atoms with Crippen molar-refractivity contribution in [2.24, 2.45) is 0 Å². The van der Waals surface area contributed by atoms with E-state index < -0.39 is 0 Å². The van der Waals surface area contributed by atoms with Crippen LogP contribution < -0.4 is 0 Å². The first kappa shape index (κ1) is 14.8. The van der Waals surface area contributed by atoms with Gasteiger partial charge in [-0.3, -0.25) is 0 Å². The maximum atomic E-state index is 8.09. The van der Waals surface area contributed by atoms with Gasteiger partial charge in [0.25, 0.3) is 0 Å². The Morgan fingerprint density at radius 2 is 1.53 bits per heavy atom. The highest BCUT2D eigenvalue weighted by atomic mass is 16.5. The summed E-state index contributed by atoms with van der Waals surface area (Å²) in [5.74, 6) is 0. The summed E-state index contributed by atoms with van der Waals surface area (Å²) >= 11 is 0. The standard InChI is InChI=1S/C7H14O.C4H10O3/c1-8-7-5-3-2-4-6-7;5-1-3-7-4-2-6/h7H,2-6H2,1H3;5-6H,1-4H2. The number of hydrogen-bond acceptors (Lipinski definition) is 4. The number of rotatable bonds is 5. The summed E-state index contributed by atoms with van der Waals surface area (Å²) in [6.07, 6.45) is 7.33. The van der Waals surface area contributed by atoms with Gasteiger partial charge in [-0.1, -0.05) is 19.3 Å². The van der Waals surface area contributed by atoms with Gasteiger partial charge < -0.3 is 19.7 Å². The van der Waals surface area contributed by atoms with E-state index >= 15 is 0 Å². The molecule has 0 radical (unpaired) electrons. The van der Waals surface area contributed by atoms with Crippen molar-refractivity contribution in [1.29, 1.82) is 0 Å². The van der Waals surface area contributed by atoms with Crippen LogP contribution >= 0.6 is 0 Å². The Kier molecular flexibility index (Phi) is 11.8. The molecule has 0 heterocycles. The average Bonchev–Trinajstić information content (AvgIpc) is 2.32. The molecule has 1 aliphatic rings. The molecule has 1 aliphatic carbocycles. The van der Waals surface area contributed by atoms with Crippen LogP contribution in [0.3, 0.4) is 0 Å². The van der Waals surface area contributed by atoms with Crippen molar-refractivity contribution in [1.82, 2.24) is 0 Å². The van der Waals surface area contributed by atoms with Crippen molar-refractivity contribution in [3.8, 4) is 0 Å². The van der Waals surface area contributed by atoms with E-state index in [1.165, 1.54) is 32.1 Å². The molecule has 0 amide bonds. The minimum atomic E-state index is 0.0278. The summed E-state index contributed by atoms with van der Waals surface area (Å²) in [5, 5.41) is 16.2. The van der Waals surface area contributed by atoms with Gasteiger partial charge in [0, 0.05) is 7.11 Å². The summed E-state index contributed by atoms with van der Waals surface area (Å²) in [6, 6.07) is 0. The lowest BCUT2D eigenvalue weighted by atomic mass is 9.98. The quantitative estimate of drug-likeness (QED) is 0.677. The highest BCUT2D eigenvalue weighted by Crippen LogP contribution is 2.18. The van der Waals surface area contributed by atoms with Gasteiger partial charge in [0.2, 0.25) is 0 Å². The zero-order valence-electron chi connectivity index (χ0n) is 9.65. The lowest BCUT2D eigenvalue weighted by Crippen LogP contribution is -2.13. The second kappa shape index (κ2) is 11.9. The maximum Gasteiger partial charge on any atom is 0.0698 e. The van der Waals surface area contributed by atoms with Crippen molar-refractivity contribution < 1.29 is 19.7 Å². The fourth-order valence-electron chi connectivity index (χ4n) is 1.53. The topological polar surface area (TPSA) is 58.9 Å². The zero-order valence-corrected chi connectivity index (χ0v) is 9.65. The first-order valence-electron chi connectivity index (χ1n) is 5.67. The summed E-state index contributed by atoms with van der Waals surface area (Å²) in [5.41, 5.74) is 0. The molecule has 92 valence electrons. The Labute approximate surface area is 92.2 Å². The molecule has 0 atom stereocenters. The van der Waals surface area contributed by atoms with Crippen molar-refractivity contribution >= 4 is 0 Å². The Balaban J connectivity index is 0.000000265. The molecule has 15 heavy (non-hydrogen) atoms. The summed E-state index contributed by atoms with van der Waals surface area (Å²) < 4.78 is 9.82. The highest BCUT2D eigenvalue weighted by Gasteiger charge is 2.10. The molecule has 0 aliphatic heterocycles. The van der Waals surface area contributed by atoms with Gasteiger partial charge in [-0.15, -0.1) is 0 Å². The number of aliphatic hydroxyl groups is 2. The SMILES string of the molecule is COC1CCCCC1.OCCOCCO. The maximum absolute atomic E-state index is 8.09. The van der Waals surface area contributed by atoms with Crippen LogP contribution in [0.5, 0.6) is 0 Å². The molecule has 0 aromatic carbocycles. The Bertz CT molecular complexity index is 109. The average molecular weight is 220 g/mol. The number of aliphatic hydroxyl groups excluding tert-OH is 2. The lowest BCUT2D eigenvalue weighted by molar-refractivity contribution is 0.0650. The second-order valence-corrected chi connectivity index (χ2v) is 3.56. The van der Waals surface area contributed by atoms with E-state index in [-0.39, 0.29) is 13.2 Å². The summed E-state index contributed by atoms with van der Waals surface area (Å²) in [7, 11) is 1.82. The van der Waals surface area contributed by atoms with Crippen LogP contribution in [-0.4, -0.2) is 49.9 Å². The highest BCUT2D eigenvalue weighted by molar-refractivity contribution is 4.63. The Morgan fingerprint density at radius 3 is 1.87 bits per heavy atom. The first-order valence-corrected chi connectivity index (χ1v) is 5.67. The molecule has 1 rings (SSSR count). The van der Waals surface area contributed by atoms with Gasteiger partial charge in [0.1, 0.15) is 0 Å². The van der Waals surface area contributed by atoms with Crippen LogP contribution in [-0.2, 0) is 9.47 Å². The third kappa shape index (κ3) is 10.1. The molecule has 0 aromatic rings. The molecule has 4 heteroatoms. The van der Waals surface area contributed by atoms with Crippen molar-refractivity contribution in [3.63, 3.8) is 0 Å². The van der Waals surface area contributed by atoms with Crippen LogP contribution in [0.1, 0.15) is 32.1 Å². The molecule has 0 bridgehead atoms. The van der Waals surface area contributed by atoms with Crippen LogP contribution in [0, 0.1) is 0 Å². The summed E-state index contributed by atoms with van der Waals surface area (Å²) in [6.45, 7) is 0.696. The van der Waals surface area contributed by atoms with E-state index in [1.807, 2.05) is 7.11 Å². The van der Waals surface area contributed by atoms with Crippen molar-refractivity contribution in [2.45, 2.75) is 38.2 Å². The molecule has 0 aromatic heterocycles. The van der Waals surface area contributed by atoms with E-state index in [1.54, 1.807) is 0 Å². The Morgan fingerprint density at radius 1 is 1.00 bits per heavy atom. The molecular formula is C11H24O4. The Hall–Kier alpha value is -0.160. The van der Waals surface area contributed by atoms with E-state index in [9.17, 15) is 0 Å². The van der Waals surface area contributed by atoms with E-state index in [2.05, 4.69) is 4.74 Å². The van der Waals surface area contributed by atoms with Crippen molar-refractivity contribution in [2.75, 3.05) is 33.5 Å². The minimum absolute atomic E-state index is 0.0278. The fourth-order valence-corrected chi connectivity index (χ4v) is 1.53. The van der Waals surface area contributed by atoms with Gasteiger partial charge in [0.05, 0.1) is 32.5 Å². The number of ether oxygens (including phenoxy) is 2. The number of methoxy groups -OCH3 is 1. The largest absolute Gasteiger partial charge is 0.394 e. The first-order chi connectivity index (χ1) is 7.35. The van der Waals surface area contributed by atoms with Crippen LogP contribution in [0.2, 0.25) is 0 Å². The molecule has 4 nitrogen and oxygen atoms in total. The van der Waals surface area contributed by atoms with Crippen LogP contribution in [0.25, 0.3) is 0 Å². The molecular weight excluding hydrogens is 196 g/mol. The summed E-state index contributed by atoms with van der Waals surface area (Å²) in [4.78, 5) is 0. The predicted octanol–water partition coefficient (Wildman–Crippen LogP) is 0.953. The predicted molar refractivity (Wildman–Crippen MR) is 58.9 cm³/mol. The third-order valence-corrected chi connectivity index (χ3v) is 2.36. The third-order valence-electron chi connectivity index (χ3n) is 2.36. The monoisotopic (exact) mass is 220 g/mol. The van der Waals surface area contributed by atoms with E-state index in [0.717, 1.165) is 0 Å². The molecule has 1 saturated carbocycles. The van der Waals surface area contributed by atoms with Crippen LogP contribution in [0.4, 0.5) is 0 Å².